The Kier molecular flexibility index (Phi) is 3.58. The van der Waals surface area contributed by atoms with Crippen molar-refractivity contribution >= 4 is 39.4 Å². The van der Waals surface area contributed by atoms with Gasteiger partial charge in [0.05, 0.1) is 11.9 Å². The molecule has 0 atom stereocenters. The highest BCUT2D eigenvalue weighted by molar-refractivity contribution is 7.15. The van der Waals surface area contributed by atoms with E-state index in [1.54, 1.807) is 12.1 Å². The van der Waals surface area contributed by atoms with Crippen molar-refractivity contribution < 1.29 is 4.79 Å². The molecule has 0 saturated carbocycles. The van der Waals surface area contributed by atoms with Gasteiger partial charge in [0, 0.05) is 11.1 Å². The Labute approximate surface area is 134 Å². The number of nitrogens with one attached hydrogen (secondary N) is 1. The van der Waals surface area contributed by atoms with Gasteiger partial charge in [0.25, 0.3) is 5.91 Å². The van der Waals surface area contributed by atoms with Crippen LogP contribution in [0, 0.1) is 12.3 Å². The zero-order valence-electron chi connectivity index (χ0n) is 12.0. The number of hydrogen-bond donors (Lipinski definition) is 3. The van der Waals surface area contributed by atoms with E-state index in [2.05, 4.69) is 20.2 Å². The van der Waals surface area contributed by atoms with Crippen molar-refractivity contribution in [2.75, 3.05) is 0 Å². The predicted octanol–water partition coefficient (Wildman–Crippen LogP) is 0.655. The number of carbonyl (C=O) groups excluding carboxylic acids is 1. The van der Waals surface area contributed by atoms with Crippen molar-refractivity contribution in [3.8, 4) is 11.5 Å². The fraction of sp³-hybridized carbons (Fsp3) is 0.0769. The van der Waals surface area contributed by atoms with Crippen molar-refractivity contribution in [1.82, 2.24) is 19.6 Å². The molecule has 10 heteroatoms. The summed E-state index contributed by atoms with van der Waals surface area (Å²) in [5.41, 5.74) is 12.0. The molecular weight excluding hydrogens is 316 g/mol. The van der Waals surface area contributed by atoms with Crippen molar-refractivity contribution in [2.24, 2.45) is 16.5 Å². The fourth-order valence-corrected chi connectivity index (χ4v) is 2.73. The smallest absolute Gasteiger partial charge is 0.270 e. The molecule has 0 spiro atoms. The quantitative estimate of drug-likeness (QED) is 0.475. The van der Waals surface area contributed by atoms with Gasteiger partial charge < -0.3 is 11.5 Å². The molecule has 23 heavy (non-hydrogen) atoms. The molecule has 0 aromatic carbocycles. The molecule has 0 aliphatic carbocycles. The van der Waals surface area contributed by atoms with E-state index in [0.717, 1.165) is 10.7 Å². The minimum Gasteiger partial charge on any atom is -0.382 e. The zero-order chi connectivity index (χ0) is 16.6. The van der Waals surface area contributed by atoms with Gasteiger partial charge in [-0.3, -0.25) is 19.6 Å². The van der Waals surface area contributed by atoms with Crippen LogP contribution in [0.2, 0.25) is 0 Å². The molecule has 3 aromatic heterocycles. The van der Waals surface area contributed by atoms with Crippen molar-refractivity contribution in [3.63, 3.8) is 0 Å². The highest BCUT2D eigenvalue weighted by Crippen LogP contribution is 2.23. The van der Waals surface area contributed by atoms with Crippen LogP contribution in [-0.2, 0) is 4.79 Å². The lowest BCUT2D eigenvalue weighted by Gasteiger charge is -2.01. The number of aryl methyl sites for hydroxylation is 1. The number of aliphatic imine (C=N–C) groups is 1. The second kappa shape index (κ2) is 5.57. The van der Waals surface area contributed by atoms with Gasteiger partial charge in [0.1, 0.15) is 5.69 Å². The number of amidine groups is 1. The summed E-state index contributed by atoms with van der Waals surface area (Å²) >= 11 is 1.50. The Morgan fingerprint density at radius 3 is 2.78 bits per heavy atom. The number of primary amides is 1. The number of carbonyl (C=O) groups is 1. The number of rotatable bonds is 4. The van der Waals surface area contributed by atoms with Crippen LogP contribution < -0.4 is 11.5 Å². The van der Waals surface area contributed by atoms with Crippen LogP contribution in [0.15, 0.2) is 28.7 Å². The molecule has 3 aromatic rings. The van der Waals surface area contributed by atoms with Crippen molar-refractivity contribution in [1.29, 1.82) is 5.41 Å². The Balaban J connectivity index is 1.94. The van der Waals surface area contributed by atoms with E-state index < -0.39 is 11.6 Å². The van der Waals surface area contributed by atoms with Crippen LogP contribution in [0.3, 0.4) is 0 Å². The lowest BCUT2D eigenvalue weighted by atomic mass is 10.3. The third kappa shape index (κ3) is 2.66. The zero-order valence-corrected chi connectivity index (χ0v) is 12.8. The summed E-state index contributed by atoms with van der Waals surface area (Å²) in [7, 11) is 0. The topological polar surface area (TPSA) is 148 Å². The van der Waals surface area contributed by atoms with Crippen LogP contribution in [-0.4, -0.2) is 37.0 Å². The molecule has 0 unspecified atom stereocenters. The number of amides is 1. The first kappa shape index (κ1) is 14.8. The molecule has 9 nitrogen and oxygen atoms in total. The summed E-state index contributed by atoms with van der Waals surface area (Å²) in [6.07, 6.45) is 1.47. The molecule has 3 heterocycles. The van der Waals surface area contributed by atoms with Crippen LogP contribution in [0.25, 0.3) is 16.5 Å². The van der Waals surface area contributed by atoms with Gasteiger partial charge in [-0.05, 0) is 19.1 Å². The summed E-state index contributed by atoms with van der Waals surface area (Å²) in [5, 5.41) is 17.6. The fourth-order valence-electron chi connectivity index (χ4n) is 1.93. The van der Waals surface area contributed by atoms with Gasteiger partial charge in [-0.2, -0.15) is 0 Å². The number of nitrogens with two attached hydrogens (primary N) is 2. The highest BCUT2D eigenvalue weighted by Gasteiger charge is 2.13. The summed E-state index contributed by atoms with van der Waals surface area (Å²) in [4.78, 5) is 19.9. The summed E-state index contributed by atoms with van der Waals surface area (Å²) < 4.78 is 1.91. The van der Waals surface area contributed by atoms with Crippen LogP contribution in [0.1, 0.15) is 5.69 Å². The molecule has 5 N–H and O–H groups in total. The van der Waals surface area contributed by atoms with Gasteiger partial charge in [0.15, 0.2) is 17.4 Å². The maximum Gasteiger partial charge on any atom is 0.270 e. The van der Waals surface area contributed by atoms with Gasteiger partial charge in [-0.25, -0.2) is 4.99 Å². The first-order valence-electron chi connectivity index (χ1n) is 6.46. The molecule has 0 aliphatic heterocycles. The van der Waals surface area contributed by atoms with E-state index in [9.17, 15) is 4.79 Å². The largest absolute Gasteiger partial charge is 0.382 e. The van der Waals surface area contributed by atoms with Gasteiger partial charge in [0.2, 0.25) is 4.96 Å². The average Bonchev–Trinajstić information content (AvgIpc) is 3.10. The lowest BCUT2D eigenvalue weighted by Crippen LogP contribution is -2.34. The van der Waals surface area contributed by atoms with E-state index in [-0.39, 0.29) is 5.84 Å². The molecular formula is C13H12N8OS. The summed E-state index contributed by atoms with van der Waals surface area (Å²) in [5.74, 6) is -0.563. The molecule has 1 amide bonds. The molecule has 0 saturated heterocycles. The van der Waals surface area contributed by atoms with Gasteiger partial charge >= 0.3 is 0 Å². The standard InChI is InChI=1S/C13H12N8OS/c1-6-5-23-13-20-19-12(21(6)13)8-3-2-7(4-17-8)18-10(15)9(14)11(16)22/h2-5,14H,1H3,(H2,15,18)(H2,16,22). The minimum atomic E-state index is -0.936. The maximum atomic E-state index is 10.9. The summed E-state index contributed by atoms with van der Waals surface area (Å²) in [6.45, 7) is 1.96. The lowest BCUT2D eigenvalue weighted by molar-refractivity contribution is -0.111. The molecule has 0 radical (unpaired) electrons. The highest BCUT2D eigenvalue weighted by atomic mass is 32.1. The van der Waals surface area contributed by atoms with Crippen LogP contribution in [0.4, 0.5) is 5.69 Å². The Hall–Kier alpha value is -3.14. The van der Waals surface area contributed by atoms with E-state index in [1.165, 1.54) is 17.5 Å². The number of fused-ring (bicyclic) bond motifs is 1. The second-order valence-corrected chi connectivity index (χ2v) is 5.49. The number of thiazole rings is 1. The number of pyridine rings is 1. The molecule has 0 bridgehead atoms. The van der Waals surface area contributed by atoms with Gasteiger partial charge in [-0.1, -0.05) is 0 Å². The van der Waals surface area contributed by atoms with Crippen molar-refractivity contribution in [2.45, 2.75) is 6.92 Å². The van der Waals surface area contributed by atoms with Crippen LogP contribution >= 0.6 is 11.3 Å². The number of hydrogen-bond acceptors (Lipinski definition) is 7. The third-order valence-corrected chi connectivity index (χ3v) is 3.98. The first-order valence-corrected chi connectivity index (χ1v) is 7.34. The Morgan fingerprint density at radius 1 is 1.35 bits per heavy atom. The minimum absolute atomic E-state index is 0.259. The van der Waals surface area contributed by atoms with Gasteiger partial charge in [-0.15, -0.1) is 21.5 Å². The first-order chi connectivity index (χ1) is 11.0. The van der Waals surface area contributed by atoms with E-state index in [0.29, 0.717) is 17.2 Å². The molecule has 3 rings (SSSR count). The SMILES string of the molecule is Cc1csc2nnc(-c3ccc(N=C(N)C(=N)C(N)=O)cn3)n12. The van der Waals surface area contributed by atoms with Crippen LogP contribution in [0.5, 0.6) is 0 Å². The van der Waals surface area contributed by atoms with E-state index in [1.807, 2.05) is 16.7 Å². The van der Waals surface area contributed by atoms with E-state index >= 15 is 0 Å². The van der Waals surface area contributed by atoms with Crippen molar-refractivity contribution in [3.05, 3.63) is 29.4 Å². The molecule has 116 valence electrons. The normalized spacial score (nSPS) is 11.8. The Bertz CT molecular complexity index is 937. The molecule has 0 aliphatic rings. The number of nitrogens with zero attached hydrogens (tertiary/aromatic N) is 5. The van der Waals surface area contributed by atoms with E-state index in [4.69, 9.17) is 16.9 Å². The third-order valence-electron chi connectivity index (χ3n) is 3.05. The Morgan fingerprint density at radius 2 is 2.13 bits per heavy atom. The monoisotopic (exact) mass is 328 g/mol. The number of aromatic nitrogens is 4. The predicted molar refractivity (Wildman–Crippen MR) is 87.0 cm³/mol. The second-order valence-electron chi connectivity index (χ2n) is 4.66. The maximum absolute atomic E-state index is 10.9. The molecule has 0 fully saturated rings. The average molecular weight is 328 g/mol. The summed E-state index contributed by atoms with van der Waals surface area (Å²) in [6, 6.07) is 3.37.